The van der Waals surface area contributed by atoms with Crippen LogP contribution in [0, 0.1) is 11.6 Å². The van der Waals surface area contributed by atoms with Crippen molar-refractivity contribution in [1.82, 2.24) is 10.3 Å². The van der Waals surface area contributed by atoms with Crippen molar-refractivity contribution >= 4 is 61.7 Å². The van der Waals surface area contributed by atoms with Crippen molar-refractivity contribution in [1.29, 1.82) is 0 Å². The molecule has 0 saturated heterocycles. The number of fused-ring (bicyclic) bond motifs is 3. The minimum Gasteiger partial charge on any atom is -0.341 e. The molecule has 1 aliphatic heterocycles. The molecule has 1 unspecified atom stereocenters. The van der Waals surface area contributed by atoms with E-state index in [1.807, 2.05) is 0 Å². The average molecular weight is 581 g/mol. The van der Waals surface area contributed by atoms with Crippen LogP contribution in [0.4, 0.5) is 32.8 Å². The Kier molecular flexibility index (Phi) is 6.51. The van der Waals surface area contributed by atoms with Gasteiger partial charge in [-0.25, -0.2) is 13.8 Å². The van der Waals surface area contributed by atoms with Crippen molar-refractivity contribution in [3.8, 4) is 0 Å². The van der Waals surface area contributed by atoms with Gasteiger partial charge in [-0.15, -0.1) is 0 Å². The van der Waals surface area contributed by atoms with E-state index in [0.717, 1.165) is 23.5 Å². The summed E-state index contributed by atoms with van der Waals surface area (Å²) in [4.78, 5) is 42.1. The number of aromatic nitrogens is 1. The van der Waals surface area contributed by atoms with Crippen molar-refractivity contribution < 1.29 is 36.3 Å². The van der Waals surface area contributed by atoms with Crippen molar-refractivity contribution in [2.45, 2.75) is 19.1 Å². The Labute approximate surface area is 225 Å². The van der Waals surface area contributed by atoms with Crippen molar-refractivity contribution in [2.75, 3.05) is 10.6 Å². The molecule has 0 bridgehead atoms. The largest absolute Gasteiger partial charge is 0.416 e. The van der Waals surface area contributed by atoms with Gasteiger partial charge in [0.15, 0.2) is 5.13 Å². The van der Waals surface area contributed by atoms with Gasteiger partial charge >= 0.3 is 6.18 Å². The number of benzene rings is 3. The van der Waals surface area contributed by atoms with Gasteiger partial charge in [0.05, 0.1) is 27.4 Å². The van der Waals surface area contributed by atoms with Crippen LogP contribution in [0.5, 0.6) is 0 Å². The number of anilines is 2. The number of nitrogens with zero attached hydrogens (tertiary/aromatic N) is 1. The van der Waals surface area contributed by atoms with Crippen LogP contribution >= 0.6 is 22.9 Å². The maximum atomic E-state index is 14.1. The van der Waals surface area contributed by atoms with E-state index in [9.17, 15) is 36.3 Å². The fourth-order valence-electron chi connectivity index (χ4n) is 4.24. The Morgan fingerprint density at radius 3 is 2.49 bits per heavy atom. The summed E-state index contributed by atoms with van der Waals surface area (Å²) in [6.45, 7) is 1.25. The number of nitrogens with one attached hydrogen (secondary N) is 3. The molecule has 200 valence electrons. The zero-order chi connectivity index (χ0) is 28.2. The minimum absolute atomic E-state index is 0.0174. The molecule has 0 aliphatic carbocycles. The molecule has 14 heteroatoms. The Bertz CT molecular complexity index is 1710. The van der Waals surface area contributed by atoms with Gasteiger partial charge in [0.25, 0.3) is 11.8 Å². The molecule has 1 aliphatic rings. The Balaban J connectivity index is 1.68. The van der Waals surface area contributed by atoms with Crippen molar-refractivity contribution in [2.24, 2.45) is 0 Å². The second-order valence-corrected chi connectivity index (χ2v) is 9.95. The smallest absolute Gasteiger partial charge is 0.341 e. The van der Waals surface area contributed by atoms with Crippen LogP contribution in [-0.4, -0.2) is 22.7 Å². The topological polar surface area (TPSA) is 100 Å². The summed E-state index contributed by atoms with van der Waals surface area (Å²) in [7, 11) is 0. The highest BCUT2D eigenvalue weighted by Crippen LogP contribution is 2.44. The lowest BCUT2D eigenvalue weighted by atomic mass is 9.95. The molecule has 2 heterocycles. The predicted octanol–water partition coefficient (Wildman–Crippen LogP) is 6.29. The number of carbonyl (C=O) groups is 3. The summed E-state index contributed by atoms with van der Waals surface area (Å²) >= 11 is 7.26. The van der Waals surface area contributed by atoms with Crippen LogP contribution in [0.3, 0.4) is 0 Å². The highest BCUT2D eigenvalue weighted by atomic mass is 35.5. The third-order valence-electron chi connectivity index (χ3n) is 5.80. The molecule has 3 amide bonds. The first-order valence-electron chi connectivity index (χ1n) is 11.0. The fourth-order valence-corrected chi connectivity index (χ4v) is 5.43. The highest BCUT2D eigenvalue weighted by Gasteiger charge is 2.38. The molecule has 0 radical (unpaired) electrons. The SMILES string of the molecule is CC(=O)Nc1nc2c3c(c(NC(=O)c4cc(F)cc(C(F)(F)F)c4)cc2s1)C(c1cc(F)ccc1Cl)NC3=O. The minimum atomic E-state index is -4.91. The molecule has 4 aromatic rings. The molecule has 0 fully saturated rings. The molecular formula is C25H14ClF5N4O3S. The highest BCUT2D eigenvalue weighted by molar-refractivity contribution is 7.22. The van der Waals surface area contributed by atoms with Crippen molar-refractivity contribution in [3.63, 3.8) is 0 Å². The first-order valence-corrected chi connectivity index (χ1v) is 12.2. The predicted molar refractivity (Wildman–Crippen MR) is 134 cm³/mol. The molecule has 3 N–H and O–H groups in total. The van der Waals surface area contributed by atoms with E-state index >= 15 is 0 Å². The standard InChI is InChI=1S/C25H14ClF5N4O3S/c1-9(36)32-24-35-21-17(39-24)8-16(33-22(37)10-4-11(25(29,30)31)6-13(28)5-10)18-19(21)23(38)34-20(18)14-7-12(27)2-3-15(14)26/h2-8,20H,1H3,(H,33,37)(H,34,38)(H,32,35,36). The first kappa shape index (κ1) is 26.5. The molecule has 0 spiro atoms. The summed E-state index contributed by atoms with van der Waals surface area (Å²) < 4.78 is 68.1. The number of carbonyl (C=O) groups excluding carboxylic acids is 3. The molecule has 0 saturated carbocycles. The van der Waals surface area contributed by atoms with E-state index < -0.39 is 52.7 Å². The number of alkyl halides is 3. The lowest BCUT2D eigenvalue weighted by Crippen LogP contribution is -2.21. The second kappa shape index (κ2) is 9.58. The third-order valence-corrected chi connectivity index (χ3v) is 7.07. The van der Waals surface area contributed by atoms with Gasteiger partial charge in [0.1, 0.15) is 11.6 Å². The van der Waals surface area contributed by atoms with Gasteiger partial charge in [0.2, 0.25) is 5.91 Å². The van der Waals surface area contributed by atoms with Gasteiger partial charge in [-0.1, -0.05) is 22.9 Å². The maximum absolute atomic E-state index is 14.1. The van der Waals surface area contributed by atoms with Gasteiger partial charge in [-0.05, 0) is 42.5 Å². The first-order chi connectivity index (χ1) is 18.3. The normalized spacial score (nSPS) is 14.7. The summed E-state index contributed by atoms with van der Waals surface area (Å²) in [6, 6.07) is 5.17. The van der Waals surface area contributed by atoms with Crippen LogP contribution < -0.4 is 16.0 Å². The lowest BCUT2D eigenvalue weighted by molar-refractivity contribution is -0.137. The molecule has 5 rings (SSSR count). The zero-order valence-corrected chi connectivity index (χ0v) is 21.0. The van der Waals surface area contributed by atoms with Gasteiger partial charge in [-0.2, -0.15) is 13.2 Å². The van der Waals surface area contributed by atoms with Gasteiger partial charge in [0, 0.05) is 34.3 Å². The van der Waals surface area contributed by atoms with E-state index in [1.165, 1.54) is 19.1 Å². The summed E-state index contributed by atoms with van der Waals surface area (Å²) in [5.41, 5.74) is -1.64. The number of rotatable bonds is 4. The van der Waals surface area contributed by atoms with Crippen LogP contribution in [0.1, 0.15) is 50.4 Å². The molecule has 1 atom stereocenters. The van der Waals surface area contributed by atoms with E-state index in [0.29, 0.717) is 16.8 Å². The van der Waals surface area contributed by atoms with Crippen LogP contribution in [0.2, 0.25) is 5.02 Å². The number of hydrogen-bond donors (Lipinski definition) is 3. The molecular weight excluding hydrogens is 567 g/mol. The lowest BCUT2D eigenvalue weighted by Gasteiger charge is -2.18. The van der Waals surface area contributed by atoms with E-state index in [-0.39, 0.29) is 44.1 Å². The monoisotopic (exact) mass is 580 g/mol. The quantitative estimate of drug-likeness (QED) is 0.247. The number of thiazole rings is 1. The molecule has 7 nitrogen and oxygen atoms in total. The fraction of sp³-hybridized carbons (Fsp3) is 0.120. The third kappa shape index (κ3) is 5.02. The number of halogens is 6. The number of amides is 3. The average Bonchev–Trinajstić information content (AvgIpc) is 3.39. The van der Waals surface area contributed by atoms with Crippen LogP contribution in [-0.2, 0) is 11.0 Å². The molecule has 39 heavy (non-hydrogen) atoms. The van der Waals surface area contributed by atoms with Crippen LogP contribution in [0.25, 0.3) is 10.2 Å². The number of hydrogen-bond acceptors (Lipinski definition) is 5. The summed E-state index contributed by atoms with van der Waals surface area (Å²) in [6.07, 6.45) is -4.91. The van der Waals surface area contributed by atoms with Crippen LogP contribution in [0.15, 0.2) is 42.5 Å². The molecule has 1 aromatic heterocycles. The Hall–Kier alpha value is -4.10. The second-order valence-electron chi connectivity index (χ2n) is 8.51. The van der Waals surface area contributed by atoms with Gasteiger partial charge in [-0.3, -0.25) is 14.4 Å². The maximum Gasteiger partial charge on any atom is 0.416 e. The van der Waals surface area contributed by atoms with E-state index in [1.54, 1.807) is 0 Å². The Morgan fingerprint density at radius 1 is 1.05 bits per heavy atom. The summed E-state index contributed by atoms with van der Waals surface area (Å²) in [5, 5.41) is 7.85. The molecule has 3 aromatic carbocycles. The Morgan fingerprint density at radius 2 is 1.79 bits per heavy atom. The zero-order valence-electron chi connectivity index (χ0n) is 19.5. The summed E-state index contributed by atoms with van der Waals surface area (Å²) in [5.74, 6) is -4.12. The van der Waals surface area contributed by atoms with Gasteiger partial charge < -0.3 is 16.0 Å². The van der Waals surface area contributed by atoms with E-state index in [2.05, 4.69) is 20.9 Å². The van der Waals surface area contributed by atoms with Crippen molar-refractivity contribution in [3.05, 3.63) is 86.9 Å². The van der Waals surface area contributed by atoms with E-state index in [4.69, 9.17) is 11.6 Å².